The number of carbonyl (C=O) groups is 1. The first-order valence-corrected chi connectivity index (χ1v) is 6.39. The van der Waals surface area contributed by atoms with Crippen LogP contribution in [0.2, 0.25) is 0 Å². The molecule has 0 bridgehead atoms. The van der Waals surface area contributed by atoms with E-state index in [1.54, 1.807) is 14.0 Å². The summed E-state index contributed by atoms with van der Waals surface area (Å²) in [5, 5.41) is 0.575. The van der Waals surface area contributed by atoms with E-state index in [0.29, 0.717) is 5.25 Å². The predicted octanol–water partition coefficient (Wildman–Crippen LogP) is 3.54. The second kappa shape index (κ2) is 5.94. The number of carbonyl (C=O) groups excluding carboxylic acids is 1. The summed E-state index contributed by atoms with van der Waals surface area (Å²) in [6.45, 7) is 5.90. The summed E-state index contributed by atoms with van der Waals surface area (Å²) in [4.78, 5) is 11.3. The van der Waals surface area contributed by atoms with Gasteiger partial charge in [0, 0.05) is 16.9 Å². The first-order valence-electron chi connectivity index (χ1n) is 5.34. The minimum Gasteiger partial charge on any atom is -0.496 e. The van der Waals surface area contributed by atoms with E-state index < -0.39 is 0 Å². The first-order chi connectivity index (χ1) is 7.54. The zero-order valence-electron chi connectivity index (χ0n) is 10.2. The molecule has 3 heteroatoms. The zero-order chi connectivity index (χ0) is 12.1. The third-order valence-electron chi connectivity index (χ3n) is 2.26. The van der Waals surface area contributed by atoms with Gasteiger partial charge >= 0.3 is 0 Å². The van der Waals surface area contributed by atoms with Crippen molar-refractivity contribution in [3.8, 4) is 5.75 Å². The second-order valence-corrected chi connectivity index (χ2v) is 5.51. The number of ether oxygens (including phenoxy) is 1. The van der Waals surface area contributed by atoms with Crippen LogP contribution in [0.15, 0.2) is 18.2 Å². The van der Waals surface area contributed by atoms with Gasteiger partial charge < -0.3 is 4.74 Å². The molecule has 0 heterocycles. The second-order valence-electron chi connectivity index (χ2n) is 3.94. The minimum atomic E-state index is 0.0958. The van der Waals surface area contributed by atoms with Gasteiger partial charge in [-0.15, -0.1) is 0 Å². The average molecular weight is 238 g/mol. The van der Waals surface area contributed by atoms with E-state index in [1.807, 2.05) is 30.0 Å². The fraction of sp³-hybridized carbons (Fsp3) is 0.462. The van der Waals surface area contributed by atoms with Crippen LogP contribution in [-0.2, 0) is 5.75 Å². The Morgan fingerprint density at radius 3 is 2.62 bits per heavy atom. The third-order valence-corrected chi connectivity index (χ3v) is 3.40. The van der Waals surface area contributed by atoms with E-state index in [-0.39, 0.29) is 5.78 Å². The molecule has 0 aliphatic rings. The minimum absolute atomic E-state index is 0.0958. The highest BCUT2D eigenvalue weighted by Gasteiger charge is 2.08. The molecule has 0 aliphatic carbocycles. The van der Waals surface area contributed by atoms with Crippen molar-refractivity contribution >= 4 is 17.5 Å². The zero-order valence-corrected chi connectivity index (χ0v) is 11.1. The van der Waals surface area contributed by atoms with Gasteiger partial charge in [0.15, 0.2) is 5.78 Å². The molecule has 0 atom stereocenters. The number of methoxy groups -OCH3 is 1. The Bertz CT molecular complexity index is 372. The summed E-state index contributed by atoms with van der Waals surface area (Å²) in [5.74, 6) is 1.83. The lowest BCUT2D eigenvalue weighted by molar-refractivity contribution is 0.101. The van der Waals surface area contributed by atoms with Gasteiger partial charge in [-0.1, -0.05) is 13.8 Å². The molecule has 1 aromatic rings. The van der Waals surface area contributed by atoms with E-state index in [9.17, 15) is 4.79 Å². The molecule has 0 N–H and O–H groups in total. The van der Waals surface area contributed by atoms with Crippen molar-refractivity contribution in [2.45, 2.75) is 31.8 Å². The molecule has 0 saturated carbocycles. The van der Waals surface area contributed by atoms with Crippen molar-refractivity contribution in [1.82, 2.24) is 0 Å². The lowest BCUT2D eigenvalue weighted by Gasteiger charge is -2.11. The van der Waals surface area contributed by atoms with Crippen molar-refractivity contribution in [1.29, 1.82) is 0 Å². The van der Waals surface area contributed by atoms with Gasteiger partial charge in [0.05, 0.1) is 7.11 Å². The summed E-state index contributed by atoms with van der Waals surface area (Å²) >= 11 is 1.84. The van der Waals surface area contributed by atoms with Crippen LogP contribution in [0.1, 0.15) is 36.7 Å². The van der Waals surface area contributed by atoms with E-state index in [1.165, 1.54) is 0 Å². The van der Waals surface area contributed by atoms with Gasteiger partial charge in [-0.05, 0) is 30.4 Å². The van der Waals surface area contributed by atoms with Crippen LogP contribution >= 0.6 is 11.8 Å². The van der Waals surface area contributed by atoms with Crippen LogP contribution in [-0.4, -0.2) is 18.1 Å². The van der Waals surface area contributed by atoms with Gasteiger partial charge in [-0.25, -0.2) is 0 Å². The molecule has 2 nitrogen and oxygen atoms in total. The van der Waals surface area contributed by atoms with Crippen molar-refractivity contribution < 1.29 is 9.53 Å². The fourth-order valence-corrected chi connectivity index (χ4v) is 2.11. The normalized spacial score (nSPS) is 10.6. The maximum Gasteiger partial charge on any atom is 0.159 e. The van der Waals surface area contributed by atoms with Gasteiger partial charge in [-0.3, -0.25) is 4.79 Å². The Morgan fingerprint density at radius 1 is 1.44 bits per heavy atom. The standard InChI is InChI=1S/C13H18O2S/c1-9(2)16-8-12-7-11(10(3)14)5-6-13(12)15-4/h5-7,9H,8H2,1-4H3. The molecule has 0 radical (unpaired) electrons. The summed E-state index contributed by atoms with van der Waals surface area (Å²) in [6.07, 6.45) is 0. The number of rotatable bonds is 5. The summed E-state index contributed by atoms with van der Waals surface area (Å²) in [6, 6.07) is 5.61. The van der Waals surface area contributed by atoms with E-state index in [2.05, 4.69) is 13.8 Å². The molecule has 0 spiro atoms. The lowest BCUT2D eigenvalue weighted by Crippen LogP contribution is -1.98. The summed E-state index contributed by atoms with van der Waals surface area (Å²) in [5.41, 5.74) is 1.84. The molecule has 16 heavy (non-hydrogen) atoms. The maximum atomic E-state index is 11.3. The van der Waals surface area contributed by atoms with Crippen LogP contribution < -0.4 is 4.74 Å². The quantitative estimate of drug-likeness (QED) is 0.734. The number of hydrogen-bond acceptors (Lipinski definition) is 3. The fourth-order valence-electron chi connectivity index (χ4n) is 1.37. The smallest absolute Gasteiger partial charge is 0.159 e. The molecule has 88 valence electrons. The van der Waals surface area contributed by atoms with Crippen LogP contribution in [0.3, 0.4) is 0 Å². The van der Waals surface area contributed by atoms with Gasteiger partial charge in [-0.2, -0.15) is 11.8 Å². The first kappa shape index (κ1) is 13.1. The van der Waals surface area contributed by atoms with Crippen LogP contribution in [0, 0.1) is 0 Å². The van der Waals surface area contributed by atoms with Crippen LogP contribution in [0.5, 0.6) is 5.75 Å². The number of benzene rings is 1. The Morgan fingerprint density at radius 2 is 2.12 bits per heavy atom. The number of ketones is 1. The highest BCUT2D eigenvalue weighted by Crippen LogP contribution is 2.26. The number of hydrogen-bond donors (Lipinski definition) is 0. The van der Waals surface area contributed by atoms with Gasteiger partial charge in [0.25, 0.3) is 0 Å². The molecule has 0 aromatic heterocycles. The monoisotopic (exact) mass is 238 g/mol. The van der Waals surface area contributed by atoms with Crippen molar-refractivity contribution in [2.24, 2.45) is 0 Å². The summed E-state index contributed by atoms with van der Waals surface area (Å²) in [7, 11) is 1.66. The van der Waals surface area contributed by atoms with E-state index in [4.69, 9.17) is 4.74 Å². The average Bonchev–Trinajstić information content (AvgIpc) is 2.25. The van der Waals surface area contributed by atoms with Gasteiger partial charge in [0.1, 0.15) is 5.75 Å². The molecule has 0 aliphatic heterocycles. The molecule has 0 saturated heterocycles. The molecular formula is C13H18O2S. The maximum absolute atomic E-state index is 11.3. The molecule has 0 amide bonds. The van der Waals surface area contributed by atoms with Gasteiger partial charge in [0.2, 0.25) is 0 Å². The molecule has 0 unspecified atom stereocenters. The van der Waals surface area contributed by atoms with Crippen molar-refractivity contribution in [3.63, 3.8) is 0 Å². The number of Topliss-reactive ketones (excluding diaryl/α,β-unsaturated/α-hetero) is 1. The SMILES string of the molecule is COc1ccc(C(C)=O)cc1CSC(C)C. The Hall–Kier alpha value is -0.960. The Balaban J connectivity index is 2.93. The molecule has 0 fully saturated rings. The number of thioether (sulfide) groups is 1. The third kappa shape index (κ3) is 3.56. The largest absolute Gasteiger partial charge is 0.496 e. The topological polar surface area (TPSA) is 26.3 Å². The lowest BCUT2D eigenvalue weighted by atomic mass is 10.1. The van der Waals surface area contributed by atoms with E-state index >= 15 is 0 Å². The summed E-state index contributed by atoms with van der Waals surface area (Å²) < 4.78 is 5.29. The highest BCUT2D eigenvalue weighted by molar-refractivity contribution is 7.99. The Kier molecular flexibility index (Phi) is 4.87. The predicted molar refractivity (Wildman–Crippen MR) is 69.4 cm³/mol. The van der Waals surface area contributed by atoms with Crippen LogP contribution in [0.4, 0.5) is 0 Å². The van der Waals surface area contributed by atoms with Crippen molar-refractivity contribution in [2.75, 3.05) is 7.11 Å². The molecule has 1 aromatic carbocycles. The van der Waals surface area contributed by atoms with Crippen molar-refractivity contribution in [3.05, 3.63) is 29.3 Å². The molecule has 1 rings (SSSR count). The van der Waals surface area contributed by atoms with Crippen LogP contribution in [0.25, 0.3) is 0 Å². The molecular weight excluding hydrogens is 220 g/mol. The Labute approximate surface area is 101 Å². The van der Waals surface area contributed by atoms with E-state index in [0.717, 1.165) is 22.6 Å². The highest BCUT2D eigenvalue weighted by atomic mass is 32.2.